The van der Waals surface area contributed by atoms with Crippen molar-refractivity contribution in [3.05, 3.63) is 193 Å². The molecule has 436 valence electrons. The summed E-state index contributed by atoms with van der Waals surface area (Å²) in [5.41, 5.74) is 4.20. The van der Waals surface area contributed by atoms with Crippen molar-refractivity contribution in [1.82, 2.24) is 39.0 Å². The summed E-state index contributed by atoms with van der Waals surface area (Å²) in [6.07, 6.45) is 2.23. The van der Waals surface area contributed by atoms with E-state index in [2.05, 4.69) is 40.5 Å². The molecule has 2 aliphatic heterocycles. The highest BCUT2D eigenvalue weighted by Gasteiger charge is 2.43. The van der Waals surface area contributed by atoms with Crippen LogP contribution in [0.3, 0.4) is 0 Å². The fourth-order valence-corrected chi connectivity index (χ4v) is 9.83. The zero-order valence-corrected chi connectivity index (χ0v) is 44.8. The van der Waals surface area contributed by atoms with Crippen LogP contribution in [-0.2, 0) is 34.1 Å². The first-order chi connectivity index (χ1) is 40.0. The topological polar surface area (TPSA) is 275 Å². The lowest BCUT2D eigenvalue weighted by Crippen LogP contribution is -2.38. The third-order valence-electron chi connectivity index (χ3n) is 14.0. The van der Waals surface area contributed by atoms with Crippen molar-refractivity contribution < 1.29 is 57.8 Å². The molecule has 4 N–H and O–H groups in total. The summed E-state index contributed by atoms with van der Waals surface area (Å²) in [6.45, 7) is 1.12. The van der Waals surface area contributed by atoms with Gasteiger partial charge in [-0.25, -0.2) is 29.9 Å². The molecule has 0 radical (unpaired) electrons. The lowest BCUT2D eigenvalue weighted by atomic mass is 9.80. The van der Waals surface area contributed by atoms with Crippen molar-refractivity contribution in [1.29, 1.82) is 0 Å². The van der Waals surface area contributed by atoms with Gasteiger partial charge in [0.05, 0.1) is 52.6 Å². The number of anilines is 2. The largest absolute Gasteiger partial charge is 0.497 e. The summed E-state index contributed by atoms with van der Waals surface area (Å²) in [6, 6.07) is 43.1. The monoisotopic (exact) mass is 1140 g/mol. The van der Waals surface area contributed by atoms with Crippen LogP contribution in [0.2, 0.25) is 0 Å². The first-order valence-electron chi connectivity index (χ1n) is 26.3. The molecule has 0 spiro atoms. The third kappa shape index (κ3) is 13.3. The van der Waals surface area contributed by atoms with E-state index in [4.69, 9.17) is 28.4 Å². The zero-order chi connectivity index (χ0) is 57.2. The number of aliphatic hydroxyl groups is 2. The highest BCUT2D eigenvalue weighted by molar-refractivity contribution is 6.07. The van der Waals surface area contributed by atoms with E-state index >= 15 is 0 Å². The number of amides is 2. The number of ketones is 1. The van der Waals surface area contributed by atoms with Crippen LogP contribution >= 0.6 is 0 Å². The molecular formula is C62H66N10O12. The molecule has 22 heteroatoms. The molecule has 6 atom stereocenters. The number of carbonyl (C=O) groups is 4. The van der Waals surface area contributed by atoms with Crippen LogP contribution in [0.15, 0.2) is 165 Å². The van der Waals surface area contributed by atoms with Gasteiger partial charge in [-0.3, -0.25) is 23.5 Å². The van der Waals surface area contributed by atoms with E-state index in [1.54, 1.807) is 78.2 Å². The highest BCUT2D eigenvalue weighted by Crippen LogP contribution is 2.43. The van der Waals surface area contributed by atoms with Crippen LogP contribution in [0.1, 0.15) is 97.3 Å². The Kier molecular flexibility index (Phi) is 20.0. The molecule has 0 unspecified atom stereocenters. The van der Waals surface area contributed by atoms with Crippen molar-refractivity contribution in [2.75, 3.05) is 38.1 Å². The minimum Gasteiger partial charge on any atom is -0.497 e. The molecule has 2 saturated heterocycles. The number of hydrogen-bond acceptors (Lipinski definition) is 18. The zero-order valence-electron chi connectivity index (χ0n) is 44.8. The van der Waals surface area contributed by atoms with Gasteiger partial charge >= 0.3 is 5.97 Å². The molecule has 22 nitrogen and oxygen atoms in total. The lowest BCUT2D eigenvalue weighted by molar-refractivity contribution is -0.153. The third-order valence-corrected chi connectivity index (χ3v) is 14.0. The Hall–Kier alpha value is -9.32. The maximum atomic E-state index is 12.8. The van der Waals surface area contributed by atoms with Gasteiger partial charge in [0, 0.05) is 30.4 Å². The van der Waals surface area contributed by atoms with E-state index in [1.807, 2.05) is 91.0 Å². The summed E-state index contributed by atoms with van der Waals surface area (Å²) in [5.74, 6) is 0.691. The molecule has 2 amide bonds. The standard InChI is InChI=1S/C38H35N5O6.C22H23N5O6.2CH4/c1-46-29-17-13-27(14-18-29)38(26-11-7-4-8-12-26,28-15-19-30(47-2)20-16-28)48-22-32-31(44)21-33(49-32)43-24-41-34-35(39-23-40-36(34)43)42-37(45)25-9-5-3-6-10-25;1-13(29)7-8-18(30)33-15-9-17(32-16(15)10-28)27-12-25-19-20(23-11-24-21(19)27)26-22(31)14-5-3-2-4-6-14;;/h3-20,23-24,31-33,44H,21-22H2,1-2H3,(H,39,40,42,45);2-6,11-12,15-17,28H,7-10H2,1H3,(H,23,24,26,31);2*1H4/t31-,32+,33+;15-,16+,17+;;/m00../s1. The van der Waals surface area contributed by atoms with Crippen molar-refractivity contribution in [3.63, 3.8) is 0 Å². The number of benzene rings is 5. The number of aliphatic hydroxyl groups excluding tert-OH is 2. The SMILES string of the molecule is C.C.CC(=O)CCC(=O)O[C@H]1C[C@H](n2cnc3c(NC(=O)c4ccccc4)ncnc32)O[C@@H]1CO.COc1ccc(C(OC[C@H]2O[C@@H](n3cnc4c(NC(=O)c5ccccc5)ncnc43)C[C@@H]2O)(c2ccccc2)c2ccc(OC)cc2)cc1. The van der Waals surface area contributed by atoms with Gasteiger partial charge in [-0.2, -0.15) is 0 Å². The minimum atomic E-state index is -1.07. The number of methoxy groups -OCH3 is 2. The molecule has 4 aromatic heterocycles. The Bertz CT molecular complexity index is 3600. The molecule has 0 aliphatic carbocycles. The van der Waals surface area contributed by atoms with Gasteiger partial charge in [0.2, 0.25) is 0 Å². The Labute approximate surface area is 484 Å². The van der Waals surface area contributed by atoms with Crippen molar-refractivity contribution in [2.24, 2.45) is 0 Å². The van der Waals surface area contributed by atoms with Gasteiger partial charge in [0.25, 0.3) is 11.8 Å². The Morgan fingerprint density at radius 2 is 1.05 bits per heavy atom. The Balaban J connectivity index is 0.000000230. The smallest absolute Gasteiger partial charge is 0.306 e. The fourth-order valence-electron chi connectivity index (χ4n) is 9.83. The number of carbonyl (C=O) groups excluding carboxylic acids is 4. The van der Waals surface area contributed by atoms with Crippen molar-refractivity contribution in [3.8, 4) is 11.5 Å². The second-order valence-corrected chi connectivity index (χ2v) is 19.3. The van der Waals surface area contributed by atoms with E-state index in [0.29, 0.717) is 33.5 Å². The van der Waals surface area contributed by atoms with E-state index in [0.717, 1.165) is 28.2 Å². The normalized spacial score (nSPS) is 18.1. The highest BCUT2D eigenvalue weighted by atomic mass is 16.6. The molecule has 2 aliphatic rings. The first-order valence-corrected chi connectivity index (χ1v) is 26.3. The Morgan fingerprint density at radius 3 is 1.51 bits per heavy atom. The number of Topliss-reactive ketones (excluding diaryl/α,β-unsaturated/α-hetero) is 1. The lowest BCUT2D eigenvalue weighted by Gasteiger charge is -2.37. The average molecular weight is 1140 g/mol. The Morgan fingerprint density at radius 1 is 0.595 bits per heavy atom. The van der Waals surface area contributed by atoms with Crippen LogP contribution in [0.5, 0.6) is 11.5 Å². The summed E-state index contributed by atoms with van der Waals surface area (Å²) in [4.78, 5) is 74.4. The van der Waals surface area contributed by atoms with Crippen molar-refractivity contribution >= 4 is 57.5 Å². The quantitative estimate of drug-likeness (QED) is 0.0435. The van der Waals surface area contributed by atoms with Gasteiger partial charge in [0.1, 0.15) is 66.3 Å². The van der Waals surface area contributed by atoms with Crippen LogP contribution in [0.25, 0.3) is 22.3 Å². The summed E-state index contributed by atoms with van der Waals surface area (Å²) in [7, 11) is 3.26. The molecule has 11 rings (SSSR count). The number of hydrogen-bond donors (Lipinski definition) is 4. The predicted molar refractivity (Wildman–Crippen MR) is 311 cm³/mol. The number of imidazole rings is 2. The molecule has 5 aromatic carbocycles. The summed E-state index contributed by atoms with van der Waals surface area (Å²) in [5, 5.41) is 26.6. The molecule has 0 bridgehead atoms. The predicted octanol–water partition coefficient (Wildman–Crippen LogP) is 8.66. The fraction of sp³-hybridized carbons (Fsp3) is 0.290. The molecule has 84 heavy (non-hydrogen) atoms. The number of rotatable bonds is 19. The van der Waals surface area contributed by atoms with Gasteiger partial charge in [-0.1, -0.05) is 106 Å². The number of nitrogens with one attached hydrogen (secondary N) is 2. The molecule has 6 heterocycles. The van der Waals surface area contributed by atoms with Gasteiger partial charge < -0.3 is 54.1 Å². The van der Waals surface area contributed by atoms with Crippen LogP contribution in [-0.4, -0.2) is 125 Å². The second kappa shape index (κ2) is 27.6. The van der Waals surface area contributed by atoms with Crippen LogP contribution in [0.4, 0.5) is 11.6 Å². The molecule has 0 saturated carbocycles. The number of esters is 1. The van der Waals surface area contributed by atoms with Gasteiger partial charge in [-0.15, -0.1) is 0 Å². The maximum Gasteiger partial charge on any atom is 0.306 e. The molecule has 2 fully saturated rings. The van der Waals surface area contributed by atoms with E-state index in [-0.39, 0.29) is 83.0 Å². The number of ether oxygens (including phenoxy) is 6. The average Bonchev–Trinajstić information content (AvgIpc) is 3.94. The second-order valence-electron chi connectivity index (χ2n) is 19.3. The van der Waals surface area contributed by atoms with E-state index in [1.165, 1.54) is 25.9 Å². The molecule has 9 aromatic rings. The van der Waals surface area contributed by atoms with Crippen molar-refractivity contribution in [2.45, 2.75) is 89.9 Å². The minimum absolute atomic E-state index is 0. The van der Waals surface area contributed by atoms with E-state index < -0.39 is 48.4 Å². The number of nitrogens with zero attached hydrogens (tertiary/aromatic N) is 8. The number of aromatic nitrogens is 8. The van der Waals surface area contributed by atoms with Gasteiger partial charge in [0.15, 0.2) is 34.0 Å². The van der Waals surface area contributed by atoms with Gasteiger partial charge in [-0.05, 0) is 72.1 Å². The number of fused-ring (bicyclic) bond motifs is 2. The van der Waals surface area contributed by atoms with E-state index in [9.17, 15) is 29.4 Å². The summed E-state index contributed by atoms with van der Waals surface area (Å²) >= 11 is 0. The summed E-state index contributed by atoms with van der Waals surface area (Å²) < 4.78 is 39.0. The maximum absolute atomic E-state index is 12.8. The van der Waals surface area contributed by atoms with Crippen LogP contribution < -0.4 is 20.1 Å². The molecular weight excluding hydrogens is 1080 g/mol. The van der Waals surface area contributed by atoms with Crippen LogP contribution in [0, 0.1) is 0 Å². The first kappa shape index (κ1) is 60.8.